The number of nitrogens with zero attached hydrogens (tertiary/aromatic N) is 2. The molecule has 2 aliphatic rings. The number of aromatic nitrogens is 1. The average Bonchev–Trinajstić information content (AvgIpc) is 3.05. The van der Waals surface area contributed by atoms with Crippen LogP contribution in [-0.4, -0.2) is 34.9 Å². The van der Waals surface area contributed by atoms with E-state index in [1.165, 1.54) is 30.6 Å². The minimum atomic E-state index is -0.00137. The predicted octanol–water partition coefficient (Wildman–Crippen LogP) is 2.02. The zero-order valence-corrected chi connectivity index (χ0v) is 12.2. The van der Waals surface area contributed by atoms with Crippen molar-refractivity contribution in [3.8, 4) is 0 Å². The van der Waals surface area contributed by atoms with Gasteiger partial charge < -0.3 is 10.2 Å². The molecule has 4 nitrogen and oxygen atoms in total. The predicted molar refractivity (Wildman–Crippen MR) is 75.9 cm³/mol. The van der Waals surface area contributed by atoms with Gasteiger partial charge >= 0.3 is 0 Å². The van der Waals surface area contributed by atoms with Gasteiger partial charge in [-0.15, -0.1) is 11.3 Å². The molecule has 2 heterocycles. The lowest BCUT2D eigenvalue weighted by Gasteiger charge is -2.31. The van der Waals surface area contributed by atoms with Gasteiger partial charge in [-0.05, 0) is 38.6 Å². The van der Waals surface area contributed by atoms with Crippen LogP contribution in [0.3, 0.4) is 0 Å². The van der Waals surface area contributed by atoms with Crippen molar-refractivity contribution < 1.29 is 4.79 Å². The van der Waals surface area contributed by atoms with Gasteiger partial charge in [0.25, 0.3) is 0 Å². The van der Waals surface area contributed by atoms with Gasteiger partial charge in [-0.2, -0.15) is 0 Å². The van der Waals surface area contributed by atoms with Crippen LogP contribution in [0.2, 0.25) is 0 Å². The molecule has 1 N–H and O–H groups in total. The number of hydrogen-bond donors (Lipinski definition) is 1. The summed E-state index contributed by atoms with van der Waals surface area (Å²) in [6.45, 7) is 0.739. The fraction of sp³-hybridized carbons (Fsp3) is 0.714. The highest BCUT2D eigenvalue weighted by atomic mass is 32.1. The summed E-state index contributed by atoms with van der Waals surface area (Å²) in [5.41, 5.74) is 1.85. The molecule has 1 saturated heterocycles. The van der Waals surface area contributed by atoms with Gasteiger partial charge in [0.15, 0.2) is 0 Å². The first-order chi connectivity index (χ1) is 9.29. The van der Waals surface area contributed by atoms with Gasteiger partial charge in [-0.1, -0.05) is 6.42 Å². The van der Waals surface area contributed by atoms with Crippen LogP contribution in [0.5, 0.6) is 0 Å². The zero-order chi connectivity index (χ0) is 13.2. The molecule has 3 rings (SSSR count). The highest BCUT2D eigenvalue weighted by Crippen LogP contribution is 2.37. The second-order valence-corrected chi connectivity index (χ2v) is 6.58. The number of likely N-dealkylation sites (tertiary alicyclic amines) is 1. The van der Waals surface area contributed by atoms with Crippen molar-refractivity contribution in [3.63, 3.8) is 0 Å². The van der Waals surface area contributed by atoms with Gasteiger partial charge in [0.2, 0.25) is 5.91 Å². The molecule has 1 aromatic rings. The van der Waals surface area contributed by atoms with Crippen LogP contribution in [0.1, 0.15) is 37.0 Å². The molecular weight excluding hydrogens is 258 g/mol. The van der Waals surface area contributed by atoms with E-state index in [4.69, 9.17) is 0 Å². The Morgan fingerprint density at radius 2 is 2.32 bits per heavy atom. The summed E-state index contributed by atoms with van der Waals surface area (Å²) in [5.74, 6) is 0.987. The van der Waals surface area contributed by atoms with Gasteiger partial charge in [-0.25, -0.2) is 0 Å². The Morgan fingerprint density at radius 3 is 3.05 bits per heavy atom. The molecule has 19 heavy (non-hydrogen) atoms. The molecule has 104 valence electrons. The number of thiazole rings is 1. The molecule has 3 unspecified atom stereocenters. The van der Waals surface area contributed by atoms with Gasteiger partial charge in [0, 0.05) is 17.1 Å². The second-order valence-electron chi connectivity index (χ2n) is 5.61. The third kappa shape index (κ3) is 2.54. The summed E-state index contributed by atoms with van der Waals surface area (Å²) >= 11 is 1.64. The molecule has 0 bridgehead atoms. The normalized spacial score (nSPS) is 31.3. The molecule has 0 spiro atoms. The highest BCUT2D eigenvalue weighted by Gasteiger charge is 2.40. The van der Waals surface area contributed by atoms with E-state index in [2.05, 4.69) is 15.2 Å². The monoisotopic (exact) mass is 279 g/mol. The van der Waals surface area contributed by atoms with Crippen molar-refractivity contribution in [1.29, 1.82) is 0 Å². The summed E-state index contributed by atoms with van der Waals surface area (Å²) in [5, 5.41) is 3.19. The number of fused-ring (bicyclic) bond motifs is 1. The lowest BCUT2D eigenvalue weighted by atomic mass is 9.97. The molecular formula is C14H21N3OS. The van der Waals surface area contributed by atoms with Crippen molar-refractivity contribution in [2.75, 3.05) is 7.05 Å². The molecule has 1 saturated carbocycles. The maximum atomic E-state index is 12.7. The lowest BCUT2D eigenvalue weighted by molar-refractivity contribution is -0.136. The highest BCUT2D eigenvalue weighted by molar-refractivity contribution is 7.09. The Bertz CT molecular complexity index is 434. The van der Waals surface area contributed by atoms with Crippen LogP contribution >= 0.6 is 11.3 Å². The number of carbonyl (C=O) groups excluding carboxylic acids is 1. The lowest BCUT2D eigenvalue weighted by Crippen LogP contribution is -2.47. The standard InChI is InChI=1S/C14H21N3OS/c1-15-12-6-5-10-3-2-4-13(10)17(14(12)18)8-11-7-16-9-19-11/h7,9-10,12-13,15H,2-6,8H2,1H3. The Labute approximate surface area is 118 Å². The number of likely N-dealkylation sites (N-methyl/N-ethyl adjacent to an activating group) is 1. The summed E-state index contributed by atoms with van der Waals surface area (Å²) < 4.78 is 0. The molecule has 0 radical (unpaired) electrons. The van der Waals surface area contributed by atoms with Crippen LogP contribution in [-0.2, 0) is 11.3 Å². The number of rotatable bonds is 3. The van der Waals surface area contributed by atoms with Crippen molar-refractivity contribution in [3.05, 3.63) is 16.6 Å². The quantitative estimate of drug-likeness (QED) is 0.920. The maximum Gasteiger partial charge on any atom is 0.240 e. The average molecular weight is 279 g/mol. The number of nitrogens with one attached hydrogen (secondary N) is 1. The minimum absolute atomic E-state index is 0.00137. The van der Waals surface area contributed by atoms with Crippen molar-refractivity contribution >= 4 is 17.2 Å². The van der Waals surface area contributed by atoms with Crippen LogP contribution in [0.15, 0.2) is 11.7 Å². The zero-order valence-electron chi connectivity index (χ0n) is 11.3. The Morgan fingerprint density at radius 1 is 1.42 bits per heavy atom. The van der Waals surface area contributed by atoms with E-state index in [0.29, 0.717) is 12.0 Å². The topological polar surface area (TPSA) is 45.2 Å². The first-order valence-electron chi connectivity index (χ1n) is 7.14. The van der Waals surface area contributed by atoms with E-state index in [-0.39, 0.29) is 11.9 Å². The van der Waals surface area contributed by atoms with Gasteiger partial charge in [0.1, 0.15) is 0 Å². The Hall–Kier alpha value is -0.940. The number of amides is 1. The minimum Gasteiger partial charge on any atom is -0.333 e. The van der Waals surface area contributed by atoms with E-state index in [1.54, 1.807) is 11.3 Å². The van der Waals surface area contributed by atoms with Gasteiger partial charge in [-0.3, -0.25) is 9.78 Å². The Kier molecular flexibility index (Phi) is 3.84. The van der Waals surface area contributed by atoms with Crippen molar-refractivity contribution in [1.82, 2.24) is 15.2 Å². The molecule has 5 heteroatoms. The van der Waals surface area contributed by atoms with Crippen LogP contribution in [0.25, 0.3) is 0 Å². The Balaban J connectivity index is 1.84. The summed E-state index contributed by atoms with van der Waals surface area (Å²) in [6, 6.07) is 0.450. The van der Waals surface area contributed by atoms with E-state index < -0.39 is 0 Å². The molecule has 1 amide bonds. The molecule has 2 fully saturated rings. The van der Waals surface area contributed by atoms with E-state index in [9.17, 15) is 4.79 Å². The number of hydrogen-bond acceptors (Lipinski definition) is 4. The van der Waals surface area contributed by atoms with E-state index in [1.807, 2.05) is 18.8 Å². The third-order valence-electron chi connectivity index (χ3n) is 4.58. The molecule has 1 aromatic heterocycles. The third-order valence-corrected chi connectivity index (χ3v) is 5.35. The summed E-state index contributed by atoms with van der Waals surface area (Å²) in [7, 11) is 1.90. The molecule has 0 aromatic carbocycles. The first-order valence-corrected chi connectivity index (χ1v) is 8.02. The summed E-state index contributed by atoms with van der Waals surface area (Å²) in [4.78, 5) is 20.1. The van der Waals surface area contributed by atoms with Crippen LogP contribution < -0.4 is 5.32 Å². The fourth-order valence-electron chi connectivity index (χ4n) is 3.58. The summed E-state index contributed by atoms with van der Waals surface area (Å²) in [6.07, 6.45) is 7.78. The fourth-order valence-corrected chi connectivity index (χ4v) is 4.18. The van der Waals surface area contributed by atoms with Crippen molar-refractivity contribution in [2.45, 2.75) is 50.7 Å². The largest absolute Gasteiger partial charge is 0.333 e. The SMILES string of the molecule is CNC1CCC2CCCC2N(Cc2cncs2)C1=O. The van der Waals surface area contributed by atoms with Crippen LogP contribution in [0, 0.1) is 5.92 Å². The smallest absolute Gasteiger partial charge is 0.240 e. The van der Waals surface area contributed by atoms with Crippen molar-refractivity contribution in [2.24, 2.45) is 5.92 Å². The van der Waals surface area contributed by atoms with Crippen LogP contribution in [0.4, 0.5) is 0 Å². The van der Waals surface area contributed by atoms with E-state index >= 15 is 0 Å². The van der Waals surface area contributed by atoms with E-state index in [0.717, 1.165) is 13.0 Å². The second kappa shape index (κ2) is 5.59. The first kappa shape index (κ1) is 13.1. The van der Waals surface area contributed by atoms with Gasteiger partial charge in [0.05, 0.1) is 18.1 Å². The molecule has 3 atom stereocenters. The molecule has 1 aliphatic heterocycles. The molecule has 1 aliphatic carbocycles. The maximum absolute atomic E-state index is 12.7. The number of carbonyl (C=O) groups is 1.